The van der Waals surface area contributed by atoms with Crippen LogP contribution in [0.2, 0.25) is 0 Å². The Kier molecular flexibility index (Phi) is 2.01. The van der Waals surface area contributed by atoms with Crippen LogP contribution in [0.15, 0.2) is 12.3 Å². The lowest BCUT2D eigenvalue weighted by molar-refractivity contribution is 0.296. The zero-order valence-electron chi connectivity index (χ0n) is 5.44. The van der Waals surface area contributed by atoms with E-state index in [-0.39, 0.29) is 6.01 Å². The summed E-state index contributed by atoms with van der Waals surface area (Å²) >= 11 is 0. The second-order valence-corrected chi connectivity index (χ2v) is 1.50. The van der Waals surface area contributed by atoms with E-state index in [2.05, 4.69) is 14.8 Å². The molecule has 1 heterocycles. The van der Waals surface area contributed by atoms with E-state index in [4.69, 9.17) is 10.6 Å². The van der Waals surface area contributed by atoms with Gasteiger partial charge in [-0.25, -0.2) is 4.98 Å². The molecular formula is C5H7N3O2. The Morgan fingerprint density at radius 2 is 2.40 bits per heavy atom. The van der Waals surface area contributed by atoms with Gasteiger partial charge in [0.2, 0.25) is 5.88 Å². The maximum atomic E-state index is 4.79. The first-order chi connectivity index (χ1) is 4.86. The minimum absolute atomic E-state index is 0.0966. The fraction of sp³-hybridized carbons (Fsp3) is 0.200. The van der Waals surface area contributed by atoms with Gasteiger partial charge in [0.05, 0.1) is 7.11 Å². The maximum absolute atomic E-state index is 4.79. The number of nitrogens with two attached hydrogens (primary N) is 1. The van der Waals surface area contributed by atoms with Crippen molar-refractivity contribution in [3.63, 3.8) is 0 Å². The number of methoxy groups -OCH3 is 1. The van der Waals surface area contributed by atoms with Crippen LogP contribution in [0.25, 0.3) is 0 Å². The largest absolute Gasteiger partial charge is 0.481 e. The Morgan fingerprint density at radius 3 is 3.00 bits per heavy atom. The molecule has 0 radical (unpaired) electrons. The molecule has 2 N–H and O–H groups in total. The predicted octanol–water partition coefficient (Wildman–Crippen LogP) is -0.262. The van der Waals surface area contributed by atoms with Crippen molar-refractivity contribution in [3.8, 4) is 11.9 Å². The van der Waals surface area contributed by atoms with Crippen molar-refractivity contribution in [3.05, 3.63) is 12.3 Å². The third-order valence-electron chi connectivity index (χ3n) is 0.922. The molecule has 0 aliphatic heterocycles. The summed E-state index contributed by atoms with van der Waals surface area (Å²) in [7, 11) is 1.50. The summed E-state index contributed by atoms with van der Waals surface area (Å²) < 4.78 is 4.77. The van der Waals surface area contributed by atoms with Crippen LogP contribution in [-0.2, 0) is 0 Å². The summed E-state index contributed by atoms with van der Waals surface area (Å²) in [5, 5.41) is 0. The lowest BCUT2D eigenvalue weighted by atomic mass is 10.6. The van der Waals surface area contributed by atoms with E-state index in [0.29, 0.717) is 5.88 Å². The Labute approximate surface area is 57.8 Å². The van der Waals surface area contributed by atoms with Crippen LogP contribution in [-0.4, -0.2) is 17.1 Å². The van der Waals surface area contributed by atoms with E-state index in [1.165, 1.54) is 13.3 Å². The quantitative estimate of drug-likeness (QED) is 0.574. The van der Waals surface area contributed by atoms with Crippen LogP contribution in [0.3, 0.4) is 0 Å². The van der Waals surface area contributed by atoms with Crippen LogP contribution >= 0.6 is 0 Å². The molecule has 54 valence electrons. The topological polar surface area (TPSA) is 70.3 Å². The van der Waals surface area contributed by atoms with Gasteiger partial charge in [-0.1, -0.05) is 0 Å². The third-order valence-corrected chi connectivity index (χ3v) is 0.922. The Balaban J connectivity index is 2.87. The average Bonchev–Trinajstić information content (AvgIpc) is 2.05. The Hall–Kier alpha value is -1.36. The maximum Gasteiger partial charge on any atom is 0.338 e. The van der Waals surface area contributed by atoms with Crippen LogP contribution in [0.5, 0.6) is 11.9 Å². The van der Waals surface area contributed by atoms with E-state index in [9.17, 15) is 0 Å². The monoisotopic (exact) mass is 141 g/mol. The molecular weight excluding hydrogens is 134 g/mol. The first kappa shape index (κ1) is 6.76. The summed E-state index contributed by atoms with van der Waals surface area (Å²) in [5.41, 5.74) is 0. The van der Waals surface area contributed by atoms with Crippen LogP contribution < -0.4 is 15.5 Å². The summed E-state index contributed by atoms with van der Waals surface area (Å²) in [6.45, 7) is 0. The zero-order chi connectivity index (χ0) is 7.40. The Morgan fingerprint density at radius 1 is 1.60 bits per heavy atom. The highest BCUT2D eigenvalue weighted by Crippen LogP contribution is 2.06. The second kappa shape index (κ2) is 2.98. The summed E-state index contributed by atoms with van der Waals surface area (Å²) in [4.78, 5) is 11.7. The molecule has 1 rings (SSSR count). The van der Waals surface area contributed by atoms with Gasteiger partial charge in [0, 0.05) is 12.3 Å². The van der Waals surface area contributed by atoms with Gasteiger partial charge in [-0.05, 0) is 0 Å². The molecule has 0 saturated carbocycles. The molecule has 5 heteroatoms. The number of rotatable bonds is 2. The van der Waals surface area contributed by atoms with Crippen LogP contribution in [0.4, 0.5) is 0 Å². The molecule has 0 unspecified atom stereocenters. The standard InChI is InChI=1S/C5H7N3O2/c1-9-4-2-3-7-5(8-4)10-6/h2-3H,6H2,1H3. The van der Waals surface area contributed by atoms with E-state index < -0.39 is 0 Å². The van der Waals surface area contributed by atoms with Gasteiger partial charge in [-0.2, -0.15) is 10.9 Å². The Bertz CT molecular complexity index is 197. The normalized spacial score (nSPS) is 9.00. The van der Waals surface area contributed by atoms with E-state index in [1.54, 1.807) is 6.07 Å². The van der Waals surface area contributed by atoms with Crippen molar-refractivity contribution in [2.45, 2.75) is 0 Å². The number of hydrogen-bond donors (Lipinski definition) is 1. The van der Waals surface area contributed by atoms with E-state index >= 15 is 0 Å². The first-order valence-electron chi connectivity index (χ1n) is 2.60. The zero-order valence-corrected chi connectivity index (χ0v) is 5.44. The molecule has 0 aromatic carbocycles. The van der Waals surface area contributed by atoms with Gasteiger partial charge in [-0.3, -0.25) is 0 Å². The molecule has 0 amide bonds. The van der Waals surface area contributed by atoms with Crippen LogP contribution in [0, 0.1) is 0 Å². The molecule has 10 heavy (non-hydrogen) atoms. The van der Waals surface area contributed by atoms with Gasteiger partial charge in [0.1, 0.15) is 0 Å². The minimum Gasteiger partial charge on any atom is -0.481 e. The molecule has 0 fully saturated rings. The van der Waals surface area contributed by atoms with Crippen molar-refractivity contribution in [1.29, 1.82) is 0 Å². The van der Waals surface area contributed by atoms with Crippen molar-refractivity contribution in [1.82, 2.24) is 9.97 Å². The van der Waals surface area contributed by atoms with Crippen molar-refractivity contribution in [2.75, 3.05) is 7.11 Å². The van der Waals surface area contributed by atoms with Gasteiger partial charge < -0.3 is 9.57 Å². The number of aromatic nitrogens is 2. The minimum atomic E-state index is 0.0966. The third kappa shape index (κ3) is 1.32. The lowest BCUT2D eigenvalue weighted by Gasteiger charge is -1.97. The molecule has 0 aliphatic carbocycles. The SMILES string of the molecule is COc1ccnc(ON)n1. The first-order valence-corrected chi connectivity index (χ1v) is 2.60. The van der Waals surface area contributed by atoms with Gasteiger partial charge in [0.25, 0.3) is 0 Å². The van der Waals surface area contributed by atoms with Crippen LogP contribution in [0.1, 0.15) is 0 Å². The fourth-order valence-corrected chi connectivity index (χ4v) is 0.496. The number of ether oxygens (including phenoxy) is 1. The molecule has 0 aliphatic rings. The predicted molar refractivity (Wildman–Crippen MR) is 33.4 cm³/mol. The summed E-state index contributed by atoms with van der Waals surface area (Å²) in [6, 6.07) is 1.70. The number of nitrogens with zero attached hydrogens (tertiary/aromatic N) is 2. The highest BCUT2D eigenvalue weighted by molar-refractivity contribution is 5.10. The van der Waals surface area contributed by atoms with Gasteiger partial charge >= 0.3 is 6.01 Å². The smallest absolute Gasteiger partial charge is 0.338 e. The highest BCUT2D eigenvalue weighted by Gasteiger charge is 1.95. The fourth-order valence-electron chi connectivity index (χ4n) is 0.496. The van der Waals surface area contributed by atoms with Gasteiger partial charge in [-0.15, -0.1) is 0 Å². The molecule has 1 aromatic rings. The number of hydrogen-bond acceptors (Lipinski definition) is 5. The molecule has 0 bridgehead atoms. The molecule has 5 nitrogen and oxygen atoms in total. The van der Waals surface area contributed by atoms with Crippen molar-refractivity contribution < 1.29 is 9.57 Å². The van der Waals surface area contributed by atoms with Gasteiger partial charge in [0.15, 0.2) is 0 Å². The van der Waals surface area contributed by atoms with Crippen molar-refractivity contribution >= 4 is 0 Å². The molecule has 1 aromatic heterocycles. The summed E-state index contributed by atoms with van der Waals surface area (Å²) in [6.07, 6.45) is 1.49. The summed E-state index contributed by atoms with van der Waals surface area (Å²) in [5.74, 6) is 5.22. The van der Waals surface area contributed by atoms with Crippen molar-refractivity contribution in [2.24, 2.45) is 5.90 Å². The second-order valence-electron chi connectivity index (χ2n) is 1.50. The van der Waals surface area contributed by atoms with E-state index in [1.807, 2.05) is 0 Å². The average molecular weight is 141 g/mol. The molecule has 0 saturated heterocycles. The lowest BCUT2D eigenvalue weighted by Crippen LogP contribution is -2.05. The highest BCUT2D eigenvalue weighted by atomic mass is 16.6. The molecule has 0 atom stereocenters. The molecule has 0 spiro atoms. The van der Waals surface area contributed by atoms with E-state index in [0.717, 1.165) is 0 Å².